The van der Waals surface area contributed by atoms with Crippen molar-refractivity contribution < 1.29 is 8.98 Å². The fourth-order valence-electron chi connectivity index (χ4n) is 6.03. The van der Waals surface area contributed by atoms with Crippen molar-refractivity contribution in [2.24, 2.45) is 7.05 Å². The van der Waals surface area contributed by atoms with E-state index >= 15 is 0 Å². The van der Waals surface area contributed by atoms with Gasteiger partial charge in [-0.15, -0.1) is 0 Å². The van der Waals surface area contributed by atoms with Crippen LogP contribution in [0.5, 0.6) is 0 Å². The van der Waals surface area contributed by atoms with E-state index in [2.05, 4.69) is 114 Å². The zero-order chi connectivity index (χ0) is 24.9. The maximum atomic E-state index is 6.36. The molecule has 2 heterocycles. The summed E-state index contributed by atoms with van der Waals surface area (Å²) in [7, 11) is 2.16. The number of hydrogen-bond donors (Lipinski definition) is 0. The average molecular weight is 485 g/mol. The Morgan fingerprint density at radius 3 is 2.30 bits per heavy atom. The van der Waals surface area contributed by atoms with E-state index in [1.54, 1.807) is 0 Å². The molecule has 7 rings (SSSR count). The van der Waals surface area contributed by atoms with Crippen molar-refractivity contribution in [3.8, 4) is 28.2 Å². The van der Waals surface area contributed by atoms with Gasteiger partial charge < -0.3 is 4.42 Å². The van der Waals surface area contributed by atoms with Crippen molar-refractivity contribution in [1.82, 2.24) is 9.55 Å². The lowest BCUT2D eigenvalue weighted by molar-refractivity contribution is -0.633. The molecule has 0 unspecified atom stereocenters. The van der Waals surface area contributed by atoms with Crippen LogP contribution in [0.3, 0.4) is 0 Å². The van der Waals surface area contributed by atoms with Gasteiger partial charge >= 0.3 is 0 Å². The highest BCUT2D eigenvalue weighted by molar-refractivity contribution is 5.92. The first-order valence-corrected chi connectivity index (χ1v) is 13.2. The van der Waals surface area contributed by atoms with Gasteiger partial charge in [0.15, 0.2) is 22.5 Å². The molecule has 6 aromatic rings. The molecule has 2 aromatic heterocycles. The van der Waals surface area contributed by atoms with Gasteiger partial charge in [0, 0.05) is 5.92 Å². The summed E-state index contributed by atoms with van der Waals surface area (Å²) >= 11 is 0. The molecule has 0 atom stereocenters. The summed E-state index contributed by atoms with van der Waals surface area (Å²) in [6.07, 6.45) is 4.86. The van der Waals surface area contributed by atoms with Crippen LogP contribution in [0.4, 0.5) is 0 Å². The predicted molar refractivity (Wildman–Crippen MR) is 149 cm³/mol. The van der Waals surface area contributed by atoms with Gasteiger partial charge in [0.2, 0.25) is 0 Å². The summed E-state index contributed by atoms with van der Waals surface area (Å²) in [5.41, 5.74) is 10.1. The van der Waals surface area contributed by atoms with Gasteiger partial charge in [-0.3, -0.25) is 0 Å². The third kappa shape index (κ3) is 3.59. The highest BCUT2D eigenvalue weighted by Crippen LogP contribution is 2.39. The molecule has 0 aliphatic heterocycles. The molecule has 4 heteroatoms. The second kappa shape index (κ2) is 8.74. The fraction of sp³-hybridized carbons (Fsp3) is 0.212. The monoisotopic (exact) mass is 484 g/mol. The largest absolute Gasteiger partial charge is 0.440 e. The highest BCUT2D eigenvalue weighted by atomic mass is 16.3. The molecule has 0 radical (unpaired) electrons. The Balaban J connectivity index is 1.46. The van der Waals surface area contributed by atoms with Gasteiger partial charge in [-0.25, -0.2) is 9.55 Å². The molecule has 182 valence electrons. The number of aromatic nitrogens is 3. The van der Waals surface area contributed by atoms with Crippen LogP contribution in [-0.4, -0.2) is 9.55 Å². The van der Waals surface area contributed by atoms with Gasteiger partial charge in [-0.2, -0.15) is 4.57 Å². The molecule has 0 saturated heterocycles. The van der Waals surface area contributed by atoms with E-state index < -0.39 is 0 Å². The van der Waals surface area contributed by atoms with Gasteiger partial charge in [-0.1, -0.05) is 73.5 Å². The second-order valence-electron chi connectivity index (χ2n) is 10.3. The van der Waals surface area contributed by atoms with Crippen molar-refractivity contribution in [3.05, 3.63) is 102 Å². The molecule has 0 amide bonds. The molecule has 1 aliphatic carbocycles. The molecule has 0 spiro atoms. The van der Waals surface area contributed by atoms with E-state index in [1.807, 2.05) is 0 Å². The lowest BCUT2D eigenvalue weighted by Gasteiger charge is -2.08. The maximum Gasteiger partial charge on any atom is 0.297 e. The fourth-order valence-corrected chi connectivity index (χ4v) is 6.03. The molecular formula is C33H30N3O+. The summed E-state index contributed by atoms with van der Waals surface area (Å²) < 4.78 is 11.0. The van der Waals surface area contributed by atoms with Gasteiger partial charge in [-0.05, 0) is 66.8 Å². The maximum absolute atomic E-state index is 6.36. The average Bonchev–Trinajstić information content (AvgIpc) is 3.68. The number of benzene rings is 4. The van der Waals surface area contributed by atoms with Crippen LogP contribution < -0.4 is 4.57 Å². The Morgan fingerprint density at radius 1 is 0.811 bits per heavy atom. The second-order valence-corrected chi connectivity index (χ2v) is 10.3. The van der Waals surface area contributed by atoms with Crippen LogP contribution in [-0.2, 0) is 7.05 Å². The first kappa shape index (κ1) is 22.1. The van der Waals surface area contributed by atoms with Crippen LogP contribution >= 0.6 is 0 Å². The topological polar surface area (TPSA) is 34.8 Å². The number of hydrogen-bond acceptors (Lipinski definition) is 2. The van der Waals surface area contributed by atoms with E-state index in [0.717, 1.165) is 34.1 Å². The SMILES string of the molecule is Cc1ccc2oc(C3CCCC3)nc2c1-c1n(-c2ccc(-c3ccccc3)cc2)c2ccccc2[n+]1C. The number of aryl methyl sites for hydroxylation is 2. The van der Waals surface area contributed by atoms with Crippen LogP contribution in [0.25, 0.3) is 50.3 Å². The number of imidazole rings is 1. The summed E-state index contributed by atoms with van der Waals surface area (Å²) in [4.78, 5) is 5.14. The quantitative estimate of drug-likeness (QED) is 0.238. The Hall–Kier alpha value is -4.18. The molecule has 1 saturated carbocycles. The third-order valence-electron chi connectivity index (χ3n) is 7.96. The molecular weight excluding hydrogens is 454 g/mol. The molecule has 0 bridgehead atoms. The lowest BCUT2D eigenvalue weighted by atomic mass is 10.0. The third-order valence-corrected chi connectivity index (χ3v) is 7.96. The van der Waals surface area contributed by atoms with Crippen molar-refractivity contribution >= 4 is 22.1 Å². The lowest BCUT2D eigenvalue weighted by Crippen LogP contribution is -2.30. The first-order chi connectivity index (χ1) is 18.2. The van der Waals surface area contributed by atoms with Gasteiger partial charge in [0.1, 0.15) is 11.2 Å². The van der Waals surface area contributed by atoms with E-state index in [-0.39, 0.29) is 0 Å². The number of para-hydroxylation sites is 2. The minimum absolute atomic E-state index is 0.436. The van der Waals surface area contributed by atoms with Crippen LogP contribution in [0.1, 0.15) is 43.1 Å². The molecule has 1 fully saturated rings. The molecule has 37 heavy (non-hydrogen) atoms. The van der Waals surface area contributed by atoms with E-state index in [4.69, 9.17) is 9.40 Å². The number of oxazole rings is 1. The van der Waals surface area contributed by atoms with Crippen LogP contribution in [0.15, 0.2) is 95.4 Å². The van der Waals surface area contributed by atoms with E-state index in [9.17, 15) is 0 Å². The first-order valence-electron chi connectivity index (χ1n) is 13.2. The van der Waals surface area contributed by atoms with Crippen molar-refractivity contribution in [3.63, 3.8) is 0 Å². The van der Waals surface area contributed by atoms with Gasteiger partial charge in [0.25, 0.3) is 5.82 Å². The Bertz CT molecular complexity index is 1740. The van der Waals surface area contributed by atoms with Crippen LogP contribution in [0, 0.1) is 6.92 Å². The Kier molecular flexibility index (Phi) is 5.21. The minimum Gasteiger partial charge on any atom is -0.440 e. The summed E-state index contributed by atoms with van der Waals surface area (Å²) in [6, 6.07) is 32.3. The summed E-state index contributed by atoms with van der Waals surface area (Å²) in [5, 5.41) is 0. The van der Waals surface area contributed by atoms with E-state index in [1.165, 1.54) is 53.4 Å². The molecule has 0 N–H and O–H groups in total. The Labute approximate surface area is 216 Å². The standard InChI is InChI=1S/C33H30N3O/c1-22-16-21-29-31(34-32(37-29)25-12-6-7-13-25)30(22)33-35(2)27-14-8-9-15-28(27)36(33)26-19-17-24(18-20-26)23-10-4-3-5-11-23/h3-5,8-11,14-21,25H,6-7,12-13H2,1-2H3/q+1. The molecule has 4 aromatic carbocycles. The molecule has 4 nitrogen and oxygen atoms in total. The van der Waals surface area contributed by atoms with Crippen molar-refractivity contribution in [2.45, 2.75) is 38.5 Å². The zero-order valence-corrected chi connectivity index (χ0v) is 21.3. The highest BCUT2D eigenvalue weighted by Gasteiger charge is 2.31. The number of rotatable bonds is 4. The van der Waals surface area contributed by atoms with Gasteiger partial charge in [0.05, 0.1) is 12.6 Å². The predicted octanol–water partition coefficient (Wildman–Crippen LogP) is 7.90. The van der Waals surface area contributed by atoms with Crippen LogP contribution in [0.2, 0.25) is 0 Å². The number of fused-ring (bicyclic) bond motifs is 2. The van der Waals surface area contributed by atoms with E-state index in [0.29, 0.717) is 5.92 Å². The molecule has 1 aliphatic rings. The number of nitrogens with zero attached hydrogens (tertiary/aromatic N) is 3. The Morgan fingerprint density at radius 2 is 1.51 bits per heavy atom. The minimum atomic E-state index is 0.436. The smallest absolute Gasteiger partial charge is 0.297 e. The normalized spacial score (nSPS) is 14.2. The van der Waals surface area contributed by atoms with Crippen molar-refractivity contribution in [2.75, 3.05) is 0 Å². The zero-order valence-electron chi connectivity index (χ0n) is 21.3. The summed E-state index contributed by atoms with van der Waals surface area (Å²) in [6.45, 7) is 2.18. The summed E-state index contributed by atoms with van der Waals surface area (Å²) in [5.74, 6) is 2.45. The van der Waals surface area contributed by atoms with Crippen molar-refractivity contribution in [1.29, 1.82) is 0 Å².